The Morgan fingerprint density at radius 1 is 1.38 bits per heavy atom. The molecule has 21 heavy (non-hydrogen) atoms. The summed E-state index contributed by atoms with van der Waals surface area (Å²) in [5.74, 6) is -1.87. The van der Waals surface area contributed by atoms with Gasteiger partial charge in [-0.25, -0.2) is 4.39 Å². The number of carbonyl (C=O) groups is 1. The molecule has 0 radical (unpaired) electrons. The van der Waals surface area contributed by atoms with Crippen LogP contribution in [0, 0.1) is 11.2 Å². The van der Waals surface area contributed by atoms with Crippen LogP contribution < -0.4 is 0 Å². The Morgan fingerprint density at radius 2 is 2.05 bits per heavy atom. The fourth-order valence-corrected chi connectivity index (χ4v) is 2.53. The Labute approximate surface area is 119 Å². The van der Waals surface area contributed by atoms with E-state index in [1.54, 1.807) is 11.8 Å². The maximum absolute atomic E-state index is 13.3. The molecule has 1 atom stereocenters. The number of likely N-dealkylation sites (tertiary alicyclic amines) is 1. The molecule has 0 aliphatic carbocycles. The number of rotatable bonds is 3. The minimum atomic E-state index is -4.60. The van der Waals surface area contributed by atoms with E-state index in [0.29, 0.717) is 19.0 Å². The van der Waals surface area contributed by atoms with Crippen molar-refractivity contribution < 1.29 is 27.5 Å². The van der Waals surface area contributed by atoms with Gasteiger partial charge in [-0.2, -0.15) is 13.2 Å². The van der Waals surface area contributed by atoms with Crippen LogP contribution in [0.4, 0.5) is 17.6 Å². The Morgan fingerprint density at radius 3 is 2.57 bits per heavy atom. The molecule has 1 heterocycles. The Balaban J connectivity index is 2.15. The lowest BCUT2D eigenvalue weighted by Gasteiger charge is -2.20. The highest BCUT2D eigenvalue weighted by Gasteiger charge is 2.40. The average molecular weight is 305 g/mol. The number of carboxylic acid groups (broad SMARTS) is 1. The van der Waals surface area contributed by atoms with Gasteiger partial charge in [-0.3, -0.25) is 9.69 Å². The van der Waals surface area contributed by atoms with E-state index in [4.69, 9.17) is 5.11 Å². The van der Waals surface area contributed by atoms with Gasteiger partial charge in [-0.15, -0.1) is 0 Å². The lowest BCUT2D eigenvalue weighted by Crippen LogP contribution is -2.31. The molecule has 0 aromatic heterocycles. The van der Waals surface area contributed by atoms with Crippen molar-refractivity contribution in [2.24, 2.45) is 5.41 Å². The van der Waals surface area contributed by atoms with Crippen LogP contribution in [-0.4, -0.2) is 29.1 Å². The van der Waals surface area contributed by atoms with Crippen LogP contribution in [0.2, 0.25) is 0 Å². The van der Waals surface area contributed by atoms with Gasteiger partial charge in [0.2, 0.25) is 0 Å². The Kier molecular flexibility index (Phi) is 3.97. The number of carboxylic acids is 1. The number of benzene rings is 1. The molecule has 1 aliphatic heterocycles. The topological polar surface area (TPSA) is 40.5 Å². The van der Waals surface area contributed by atoms with Gasteiger partial charge in [0.05, 0.1) is 11.0 Å². The summed E-state index contributed by atoms with van der Waals surface area (Å²) in [5.41, 5.74) is -1.74. The third kappa shape index (κ3) is 3.53. The highest BCUT2D eigenvalue weighted by atomic mass is 19.4. The first kappa shape index (κ1) is 15.8. The highest BCUT2D eigenvalue weighted by molar-refractivity contribution is 5.74. The lowest BCUT2D eigenvalue weighted by atomic mass is 9.90. The largest absolute Gasteiger partial charge is 0.481 e. The number of nitrogens with zero attached hydrogens (tertiary/aromatic N) is 1. The molecule has 7 heteroatoms. The van der Waals surface area contributed by atoms with E-state index in [1.165, 1.54) is 0 Å². The standard InChI is InChI=1S/C14H15F4NO2/c1-13(12(20)21)2-3-19(8-13)7-9-4-10(14(16,17)18)6-11(15)5-9/h4-6H,2-3,7-8H2,1H3,(H,20,21). The van der Waals surface area contributed by atoms with Crippen LogP contribution in [0.3, 0.4) is 0 Å². The number of hydrogen-bond donors (Lipinski definition) is 1. The van der Waals surface area contributed by atoms with Crippen molar-refractivity contribution in [3.8, 4) is 0 Å². The van der Waals surface area contributed by atoms with Crippen molar-refractivity contribution in [2.45, 2.75) is 26.1 Å². The van der Waals surface area contributed by atoms with Gasteiger partial charge in [0.15, 0.2) is 0 Å². The van der Waals surface area contributed by atoms with Crippen molar-refractivity contribution in [1.82, 2.24) is 4.90 Å². The molecule has 1 N–H and O–H groups in total. The van der Waals surface area contributed by atoms with Crippen LogP contribution in [0.25, 0.3) is 0 Å². The molecule has 0 saturated carbocycles. The molecule has 0 amide bonds. The van der Waals surface area contributed by atoms with E-state index < -0.39 is 28.9 Å². The molecule has 116 valence electrons. The van der Waals surface area contributed by atoms with E-state index in [9.17, 15) is 22.4 Å². The molecule has 0 spiro atoms. The van der Waals surface area contributed by atoms with Crippen molar-refractivity contribution >= 4 is 5.97 Å². The number of aliphatic carboxylic acids is 1. The summed E-state index contributed by atoms with van der Waals surface area (Å²) in [6.07, 6.45) is -4.18. The zero-order chi connectivity index (χ0) is 15.8. The van der Waals surface area contributed by atoms with Crippen molar-refractivity contribution in [3.05, 3.63) is 35.1 Å². The zero-order valence-corrected chi connectivity index (χ0v) is 11.4. The highest BCUT2D eigenvalue weighted by Crippen LogP contribution is 2.33. The molecular weight excluding hydrogens is 290 g/mol. The summed E-state index contributed by atoms with van der Waals surface area (Å²) in [4.78, 5) is 12.9. The van der Waals surface area contributed by atoms with Gasteiger partial charge >= 0.3 is 12.1 Å². The van der Waals surface area contributed by atoms with Crippen LogP contribution in [0.1, 0.15) is 24.5 Å². The van der Waals surface area contributed by atoms with Crippen LogP contribution in [-0.2, 0) is 17.5 Å². The van der Waals surface area contributed by atoms with E-state index in [-0.39, 0.29) is 18.7 Å². The van der Waals surface area contributed by atoms with Gasteiger partial charge in [-0.1, -0.05) is 0 Å². The first-order valence-corrected chi connectivity index (χ1v) is 6.43. The van der Waals surface area contributed by atoms with E-state index >= 15 is 0 Å². The normalized spacial score (nSPS) is 23.5. The second-order valence-corrected chi connectivity index (χ2v) is 5.67. The predicted molar refractivity (Wildman–Crippen MR) is 67.0 cm³/mol. The summed E-state index contributed by atoms with van der Waals surface area (Å²) in [5, 5.41) is 9.12. The van der Waals surface area contributed by atoms with E-state index in [1.807, 2.05) is 0 Å². The smallest absolute Gasteiger partial charge is 0.416 e. The molecule has 1 fully saturated rings. The zero-order valence-electron chi connectivity index (χ0n) is 11.4. The van der Waals surface area contributed by atoms with Gasteiger partial charge in [0.1, 0.15) is 5.82 Å². The molecule has 0 bridgehead atoms. The first-order chi connectivity index (χ1) is 9.60. The van der Waals surface area contributed by atoms with Crippen LogP contribution in [0.5, 0.6) is 0 Å². The third-order valence-electron chi connectivity index (χ3n) is 3.76. The van der Waals surface area contributed by atoms with Crippen molar-refractivity contribution in [3.63, 3.8) is 0 Å². The lowest BCUT2D eigenvalue weighted by molar-refractivity contribution is -0.147. The fourth-order valence-electron chi connectivity index (χ4n) is 2.53. The summed E-state index contributed by atoms with van der Waals surface area (Å²) in [6, 6.07) is 2.40. The molecular formula is C14H15F4NO2. The average Bonchev–Trinajstić information content (AvgIpc) is 2.70. The maximum atomic E-state index is 13.3. The SMILES string of the molecule is CC1(C(=O)O)CCN(Cc2cc(F)cc(C(F)(F)F)c2)C1. The molecule has 2 rings (SSSR count). The van der Waals surface area contributed by atoms with Crippen molar-refractivity contribution in [2.75, 3.05) is 13.1 Å². The summed E-state index contributed by atoms with van der Waals surface area (Å²) >= 11 is 0. The molecule has 1 aromatic rings. The second kappa shape index (κ2) is 5.29. The van der Waals surface area contributed by atoms with E-state index in [0.717, 1.165) is 12.1 Å². The summed E-state index contributed by atoms with van der Waals surface area (Å²) < 4.78 is 51.2. The third-order valence-corrected chi connectivity index (χ3v) is 3.76. The van der Waals surface area contributed by atoms with Gasteiger partial charge in [0.25, 0.3) is 0 Å². The molecule has 1 saturated heterocycles. The summed E-state index contributed by atoms with van der Waals surface area (Å²) in [6.45, 7) is 2.40. The summed E-state index contributed by atoms with van der Waals surface area (Å²) in [7, 11) is 0. The van der Waals surface area contributed by atoms with Crippen LogP contribution >= 0.6 is 0 Å². The number of alkyl halides is 3. The van der Waals surface area contributed by atoms with Gasteiger partial charge in [0, 0.05) is 13.1 Å². The molecule has 1 unspecified atom stereocenters. The maximum Gasteiger partial charge on any atom is 0.416 e. The first-order valence-electron chi connectivity index (χ1n) is 6.43. The van der Waals surface area contributed by atoms with Crippen LogP contribution in [0.15, 0.2) is 18.2 Å². The Hall–Kier alpha value is -1.63. The minimum absolute atomic E-state index is 0.101. The Bertz CT molecular complexity index is 558. The predicted octanol–water partition coefficient (Wildman–Crippen LogP) is 3.14. The quantitative estimate of drug-likeness (QED) is 0.872. The second-order valence-electron chi connectivity index (χ2n) is 5.67. The van der Waals surface area contributed by atoms with E-state index in [2.05, 4.69) is 0 Å². The number of hydrogen-bond acceptors (Lipinski definition) is 2. The fraction of sp³-hybridized carbons (Fsp3) is 0.500. The van der Waals surface area contributed by atoms with Gasteiger partial charge in [-0.05, 0) is 43.7 Å². The van der Waals surface area contributed by atoms with Crippen molar-refractivity contribution in [1.29, 1.82) is 0 Å². The molecule has 3 nitrogen and oxygen atoms in total. The molecule has 1 aliphatic rings. The number of halogens is 4. The minimum Gasteiger partial charge on any atom is -0.481 e. The monoisotopic (exact) mass is 305 g/mol. The van der Waals surface area contributed by atoms with Gasteiger partial charge < -0.3 is 5.11 Å². The molecule has 1 aromatic carbocycles.